The van der Waals surface area contributed by atoms with Gasteiger partial charge in [-0.2, -0.15) is 8.78 Å². The third kappa shape index (κ3) is 2.84. The van der Waals surface area contributed by atoms with Crippen LogP contribution in [-0.2, 0) is 16.8 Å². The summed E-state index contributed by atoms with van der Waals surface area (Å²) in [6.45, 7) is 2.26. The van der Waals surface area contributed by atoms with Crippen molar-refractivity contribution in [3.05, 3.63) is 45.2 Å². The van der Waals surface area contributed by atoms with Crippen molar-refractivity contribution >= 4 is 28.9 Å². The lowest BCUT2D eigenvalue weighted by atomic mass is 9.84. The van der Waals surface area contributed by atoms with E-state index in [1.165, 1.54) is 23.5 Å². The van der Waals surface area contributed by atoms with Gasteiger partial charge in [0.1, 0.15) is 5.82 Å². The molecule has 0 aliphatic carbocycles. The van der Waals surface area contributed by atoms with E-state index in [2.05, 4.69) is 25.0 Å². The Balaban J connectivity index is 1.77. The van der Waals surface area contributed by atoms with Crippen molar-refractivity contribution in [1.29, 1.82) is 0 Å². The summed E-state index contributed by atoms with van der Waals surface area (Å²) in [6, 6.07) is 2.15. The number of rotatable bonds is 2. The molecule has 2 aromatic rings. The second kappa shape index (κ2) is 5.95. The molecule has 0 fully saturated rings. The third-order valence-corrected chi connectivity index (χ3v) is 5.61. The van der Waals surface area contributed by atoms with Crippen molar-refractivity contribution in [2.45, 2.75) is 31.9 Å². The minimum Gasteiger partial charge on any atom is -0.459 e. The molecule has 0 bridgehead atoms. The van der Waals surface area contributed by atoms with E-state index >= 15 is 0 Å². The number of aromatic nitrogens is 1. The molecule has 0 spiro atoms. The van der Waals surface area contributed by atoms with Crippen LogP contribution in [0.5, 0.6) is 0 Å². The Kier molecular flexibility index (Phi) is 3.91. The van der Waals surface area contributed by atoms with Gasteiger partial charge in [0.2, 0.25) is 0 Å². The van der Waals surface area contributed by atoms with Crippen molar-refractivity contribution in [3.63, 3.8) is 0 Å². The number of thiazole rings is 1. The Labute approximate surface area is 157 Å². The number of aryl methyl sites for hydroxylation is 1. The maximum absolute atomic E-state index is 14.7. The molecule has 0 saturated heterocycles. The molecule has 3 N–H and O–H groups in total. The van der Waals surface area contributed by atoms with E-state index in [0.717, 1.165) is 12.6 Å². The smallest absolute Gasteiger partial charge is 0.310 e. The van der Waals surface area contributed by atoms with Crippen LogP contribution in [-0.4, -0.2) is 29.4 Å². The van der Waals surface area contributed by atoms with Crippen molar-refractivity contribution in [2.75, 3.05) is 11.9 Å². The molecular formula is C17H16F3N5OS. The van der Waals surface area contributed by atoms with Gasteiger partial charge >= 0.3 is 5.92 Å². The summed E-state index contributed by atoms with van der Waals surface area (Å²) >= 11 is 1.41. The van der Waals surface area contributed by atoms with E-state index in [0.29, 0.717) is 22.1 Å². The van der Waals surface area contributed by atoms with Gasteiger partial charge in [-0.05, 0) is 26.0 Å². The number of nitrogens with two attached hydrogens (primary N) is 1. The molecule has 2 aliphatic heterocycles. The number of ether oxygens (including phenoxy) is 1. The molecule has 0 amide bonds. The summed E-state index contributed by atoms with van der Waals surface area (Å²) in [6.07, 6.45) is 0. The largest absolute Gasteiger partial charge is 0.459 e. The molecule has 1 atom stereocenters. The van der Waals surface area contributed by atoms with Crippen LogP contribution < -0.4 is 11.1 Å². The number of hydrogen-bond acceptors (Lipinski definition) is 7. The number of halogens is 3. The normalized spacial score (nSPS) is 23.6. The monoisotopic (exact) mass is 395 g/mol. The highest BCUT2D eigenvalue weighted by Gasteiger charge is 2.56. The second-order valence-electron chi connectivity index (χ2n) is 6.59. The SMILES string of the molecule is Cc1csc(C2=NCc3cc(F)c(C4(C)N=C(N)OCC4(F)F)cc3N2)n1. The summed E-state index contributed by atoms with van der Waals surface area (Å²) in [5.41, 5.74) is 4.95. The molecule has 0 saturated carbocycles. The van der Waals surface area contributed by atoms with Crippen molar-refractivity contribution in [1.82, 2.24) is 4.98 Å². The van der Waals surface area contributed by atoms with E-state index in [1.54, 1.807) is 0 Å². The standard InChI is InChI=1S/C17H16F3N5OS/c1-8-6-27-14(23-8)13-22-5-9-3-11(18)10(4-12(9)24-13)16(2)17(19,20)7-26-15(21)25-16/h3-4,6H,5,7H2,1-2H3,(H2,21,25)(H,22,24). The zero-order valence-electron chi connectivity index (χ0n) is 14.5. The number of fused-ring (bicyclic) bond motifs is 1. The van der Waals surface area contributed by atoms with Crippen molar-refractivity contribution in [2.24, 2.45) is 15.7 Å². The number of anilines is 1. The van der Waals surface area contributed by atoms with Gasteiger partial charge in [0.05, 0.1) is 6.54 Å². The molecular weight excluding hydrogens is 379 g/mol. The quantitative estimate of drug-likeness (QED) is 0.818. The fourth-order valence-electron chi connectivity index (χ4n) is 3.05. The number of nitrogens with one attached hydrogen (secondary N) is 1. The number of aliphatic imine (C=N–C) groups is 2. The van der Waals surface area contributed by atoms with E-state index < -0.39 is 29.9 Å². The van der Waals surface area contributed by atoms with Crippen LogP contribution in [0.3, 0.4) is 0 Å². The lowest BCUT2D eigenvalue weighted by molar-refractivity contribution is -0.117. The van der Waals surface area contributed by atoms with Gasteiger partial charge in [0, 0.05) is 27.9 Å². The molecule has 2 aliphatic rings. The predicted octanol–water partition coefficient (Wildman–Crippen LogP) is 3.16. The van der Waals surface area contributed by atoms with Gasteiger partial charge in [0.25, 0.3) is 6.02 Å². The van der Waals surface area contributed by atoms with E-state index in [9.17, 15) is 13.2 Å². The second-order valence-corrected chi connectivity index (χ2v) is 7.45. The molecule has 1 unspecified atom stereocenters. The van der Waals surface area contributed by atoms with Crippen molar-refractivity contribution in [3.8, 4) is 0 Å². The fraction of sp³-hybridized carbons (Fsp3) is 0.353. The van der Waals surface area contributed by atoms with Crippen LogP contribution in [0.25, 0.3) is 0 Å². The zero-order chi connectivity index (χ0) is 19.4. The maximum Gasteiger partial charge on any atom is 0.310 e. The van der Waals surface area contributed by atoms with Crippen LogP contribution in [0.2, 0.25) is 0 Å². The highest BCUT2D eigenvalue weighted by Crippen LogP contribution is 2.45. The topological polar surface area (TPSA) is 84.9 Å². The molecule has 6 nitrogen and oxygen atoms in total. The van der Waals surface area contributed by atoms with Gasteiger partial charge < -0.3 is 15.8 Å². The first-order valence-electron chi connectivity index (χ1n) is 8.12. The summed E-state index contributed by atoms with van der Waals surface area (Å²) in [7, 11) is 0. The first-order chi connectivity index (χ1) is 12.7. The third-order valence-electron chi connectivity index (χ3n) is 4.65. The zero-order valence-corrected chi connectivity index (χ0v) is 15.3. The summed E-state index contributed by atoms with van der Waals surface area (Å²) in [5, 5.41) is 5.62. The molecule has 4 rings (SSSR count). The van der Waals surface area contributed by atoms with E-state index in [-0.39, 0.29) is 12.1 Å². The Morgan fingerprint density at radius 1 is 1.33 bits per heavy atom. The summed E-state index contributed by atoms with van der Waals surface area (Å²) < 4.78 is 48.5. The molecule has 0 radical (unpaired) electrons. The number of nitrogens with zero attached hydrogens (tertiary/aromatic N) is 3. The van der Waals surface area contributed by atoms with E-state index in [4.69, 9.17) is 5.73 Å². The minimum atomic E-state index is -3.43. The Hall–Kier alpha value is -2.62. The highest BCUT2D eigenvalue weighted by molar-refractivity contribution is 7.12. The van der Waals surface area contributed by atoms with Crippen LogP contribution in [0.1, 0.15) is 28.8 Å². The molecule has 142 valence electrons. The van der Waals surface area contributed by atoms with Gasteiger partial charge in [-0.25, -0.2) is 14.4 Å². The molecule has 27 heavy (non-hydrogen) atoms. The summed E-state index contributed by atoms with van der Waals surface area (Å²) in [5.74, 6) is -3.70. The number of amidine groups is 2. The van der Waals surface area contributed by atoms with Crippen LogP contribution >= 0.6 is 11.3 Å². The maximum atomic E-state index is 14.7. The number of benzene rings is 1. The highest BCUT2D eigenvalue weighted by atomic mass is 32.1. The van der Waals surface area contributed by atoms with Gasteiger partial charge in [0.15, 0.2) is 23.0 Å². The molecule has 1 aromatic carbocycles. The molecule has 3 heterocycles. The number of alkyl halides is 2. The minimum absolute atomic E-state index is 0.217. The van der Waals surface area contributed by atoms with Gasteiger partial charge in [-0.15, -0.1) is 11.3 Å². The molecule has 10 heteroatoms. The van der Waals surface area contributed by atoms with Crippen LogP contribution in [0.15, 0.2) is 27.5 Å². The van der Waals surface area contributed by atoms with Gasteiger partial charge in [-0.3, -0.25) is 4.99 Å². The fourth-order valence-corrected chi connectivity index (χ4v) is 3.81. The predicted molar refractivity (Wildman–Crippen MR) is 97.0 cm³/mol. The first-order valence-corrected chi connectivity index (χ1v) is 9.00. The van der Waals surface area contributed by atoms with E-state index in [1.807, 2.05) is 12.3 Å². The Bertz CT molecular complexity index is 987. The first kappa shape index (κ1) is 17.8. The average Bonchev–Trinajstić information content (AvgIpc) is 3.04. The lowest BCUT2D eigenvalue weighted by Gasteiger charge is -2.38. The lowest BCUT2D eigenvalue weighted by Crippen LogP contribution is -2.51. The summed E-state index contributed by atoms with van der Waals surface area (Å²) in [4.78, 5) is 12.5. The van der Waals surface area contributed by atoms with Gasteiger partial charge in [-0.1, -0.05) is 0 Å². The number of hydrogen-bond donors (Lipinski definition) is 2. The Morgan fingerprint density at radius 2 is 2.11 bits per heavy atom. The van der Waals surface area contributed by atoms with Crippen LogP contribution in [0.4, 0.5) is 18.9 Å². The average molecular weight is 395 g/mol. The molecule has 1 aromatic heterocycles. The van der Waals surface area contributed by atoms with Crippen LogP contribution in [0, 0.1) is 12.7 Å². The van der Waals surface area contributed by atoms with Crippen molar-refractivity contribution < 1.29 is 17.9 Å². The Morgan fingerprint density at radius 3 is 2.81 bits per heavy atom.